The summed E-state index contributed by atoms with van der Waals surface area (Å²) in [5, 5.41) is 3.17. The Morgan fingerprint density at radius 3 is 2.61 bits per heavy atom. The minimum atomic E-state index is -0.0384. The highest BCUT2D eigenvalue weighted by atomic mass is 16.1. The third-order valence-electron chi connectivity index (χ3n) is 5.51. The van der Waals surface area contributed by atoms with E-state index in [9.17, 15) is 4.79 Å². The van der Waals surface area contributed by atoms with Gasteiger partial charge < -0.3 is 10.2 Å². The van der Waals surface area contributed by atoms with Gasteiger partial charge in [-0.2, -0.15) is 0 Å². The van der Waals surface area contributed by atoms with Crippen molar-refractivity contribution in [3.63, 3.8) is 0 Å². The molecule has 1 aromatic rings. The highest BCUT2D eigenvalue weighted by Crippen LogP contribution is 2.35. The van der Waals surface area contributed by atoms with E-state index >= 15 is 0 Å². The molecule has 2 fully saturated rings. The normalized spacial score (nSPS) is 22.2. The van der Waals surface area contributed by atoms with Crippen LogP contribution in [-0.4, -0.2) is 66.0 Å². The van der Waals surface area contributed by atoms with Crippen molar-refractivity contribution in [2.75, 3.05) is 39.8 Å². The van der Waals surface area contributed by atoms with Crippen molar-refractivity contribution < 1.29 is 4.79 Å². The van der Waals surface area contributed by atoms with Gasteiger partial charge in [0, 0.05) is 44.5 Å². The molecule has 1 aliphatic heterocycles. The maximum Gasteiger partial charge on any atom is 0.270 e. The Kier molecular flexibility index (Phi) is 4.97. The molecule has 5 nitrogen and oxygen atoms in total. The van der Waals surface area contributed by atoms with E-state index in [0.717, 1.165) is 38.3 Å². The summed E-state index contributed by atoms with van der Waals surface area (Å²) in [4.78, 5) is 21.7. The number of nitrogens with zero attached hydrogens (tertiary/aromatic N) is 3. The molecule has 1 amide bonds. The van der Waals surface area contributed by atoms with E-state index < -0.39 is 0 Å². The van der Waals surface area contributed by atoms with Crippen molar-refractivity contribution in [2.24, 2.45) is 0 Å². The van der Waals surface area contributed by atoms with Gasteiger partial charge in [-0.05, 0) is 38.4 Å². The number of carbonyl (C=O) groups excluding carboxylic acids is 1. The summed E-state index contributed by atoms with van der Waals surface area (Å²) in [5.74, 6) is -0.0384. The number of hydrogen-bond donors (Lipinski definition) is 1. The Morgan fingerprint density at radius 2 is 1.96 bits per heavy atom. The number of amides is 1. The molecule has 1 aromatic heterocycles. The first-order chi connectivity index (χ1) is 11.1. The van der Waals surface area contributed by atoms with Crippen LogP contribution in [-0.2, 0) is 0 Å². The molecule has 0 unspecified atom stereocenters. The second-order valence-electron chi connectivity index (χ2n) is 7.07. The van der Waals surface area contributed by atoms with Gasteiger partial charge >= 0.3 is 0 Å². The smallest absolute Gasteiger partial charge is 0.270 e. The van der Waals surface area contributed by atoms with E-state index in [1.807, 2.05) is 19.1 Å². The van der Waals surface area contributed by atoms with Crippen molar-refractivity contribution in [2.45, 2.75) is 38.1 Å². The fraction of sp³-hybridized carbons (Fsp3) is 0.667. The number of nitrogens with one attached hydrogen (secondary N) is 1. The Labute approximate surface area is 139 Å². The highest BCUT2D eigenvalue weighted by molar-refractivity contribution is 5.93. The Balaban J connectivity index is 1.66. The van der Waals surface area contributed by atoms with Crippen LogP contribution < -0.4 is 5.32 Å². The first kappa shape index (κ1) is 16.4. The van der Waals surface area contributed by atoms with Crippen LogP contribution in [0, 0.1) is 6.92 Å². The number of hydrogen-bond acceptors (Lipinski definition) is 4. The maximum atomic E-state index is 12.5. The van der Waals surface area contributed by atoms with Crippen molar-refractivity contribution in [3.8, 4) is 0 Å². The number of aryl methyl sites for hydroxylation is 1. The van der Waals surface area contributed by atoms with Gasteiger partial charge in [-0.15, -0.1) is 0 Å². The Hall–Kier alpha value is -1.46. The van der Waals surface area contributed by atoms with Gasteiger partial charge in [-0.1, -0.05) is 18.9 Å². The van der Waals surface area contributed by atoms with Gasteiger partial charge in [0.1, 0.15) is 5.69 Å². The zero-order valence-electron chi connectivity index (χ0n) is 14.3. The maximum absolute atomic E-state index is 12.5. The molecule has 2 aliphatic rings. The molecule has 126 valence electrons. The molecule has 0 spiro atoms. The molecule has 2 heterocycles. The number of piperazine rings is 1. The molecule has 0 radical (unpaired) electrons. The van der Waals surface area contributed by atoms with Gasteiger partial charge in [-0.25, -0.2) is 0 Å². The van der Waals surface area contributed by atoms with Gasteiger partial charge in [0.2, 0.25) is 0 Å². The lowest BCUT2D eigenvalue weighted by atomic mass is 9.93. The van der Waals surface area contributed by atoms with E-state index in [2.05, 4.69) is 27.1 Å². The molecule has 1 N–H and O–H groups in total. The molecule has 1 saturated carbocycles. The van der Waals surface area contributed by atoms with E-state index in [4.69, 9.17) is 0 Å². The summed E-state index contributed by atoms with van der Waals surface area (Å²) >= 11 is 0. The van der Waals surface area contributed by atoms with Crippen LogP contribution in [0.1, 0.15) is 41.7 Å². The molecule has 0 bridgehead atoms. The predicted octanol–water partition coefficient (Wildman–Crippen LogP) is 1.68. The van der Waals surface area contributed by atoms with Crippen LogP contribution in [0.2, 0.25) is 0 Å². The van der Waals surface area contributed by atoms with E-state index in [0.29, 0.717) is 5.69 Å². The topological polar surface area (TPSA) is 48.5 Å². The Bertz CT molecular complexity index is 546. The fourth-order valence-corrected chi connectivity index (χ4v) is 3.97. The summed E-state index contributed by atoms with van der Waals surface area (Å²) < 4.78 is 0. The highest BCUT2D eigenvalue weighted by Gasteiger charge is 2.40. The lowest BCUT2D eigenvalue weighted by Crippen LogP contribution is -2.59. The lowest BCUT2D eigenvalue weighted by Gasteiger charge is -2.45. The van der Waals surface area contributed by atoms with Crippen LogP contribution in [0.5, 0.6) is 0 Å². The quantitative estimate of drug-likeness (QED) is 0.918. The summed E-state index contributed by atoms with van der Waals surface area (Å²) in [7, 11) is 2.18. The second kappa shape index (κ2) is 6.97. The van der Waals surface area contributed by atoms with Crippen molar-refractivity contribution in [1.29, 1.82) is 0 Å². The van der Waals surface area contributed by atoms with Crippen LogP contribution in [0.3, 0.4) is 0 Å². The van der Waals surface area contributed by atoms with Crippen molar-refractivity contribution in [1.82, 2.24) is 20.1 Å². The third kappa shape index (κ3) is 3.56. The minimum Gasteiger partial charge on any atom is -0.349 e. The number of aromatic nitrogens is 1. The first-order valence-electron chi connectivity index (χ1n) is 8.74. The SMILES string of the molecule is Cc1cccnc1C(=O)NCC1(N2CCN(C)CC2)CCCC1. The zero-order chi connectivity index (χ0) is 16.3. The van der Waals surface area contributed by atoms with Crippen LogP contribution >= 0.6 is 0 Å². The summed E-state index contributed by atoms with van der Waals surface area (Å²) in [6.45, 7) is 7.13. The molecule has 3 rings (SSSR count). The average molecular weight is 316 g/mol. The van der Waals surface area contributed by atoms with Gasteiger partial charge in [0.25, 0.3) is 5.91 Å². The van der Waals surface area contributed by atoms with E-state index in [-0.39, 0.29) is 11.4 Å². The van der Waals surface area contributed by atoms with Crippen LogP contribution in [0.25, 0.3) is 0 Å². The number of likely N-dealkylation sites (N-methyl/N-ethyl adjacent to an activating group) is 1. The second-order valence-corrected chi connectivity index (χ2v) is 7.07. The average Bonchev–Trinajstić information content (AvgIpc) is 3.04. The standard InChI is InChI=1S/C18H28N4O/c1-15-6-5-9-19-16(15)17(23)20-14-18(7-3-4-8-18)22-12-10-21(2)11-13-22/h5-6,9H,3-4,7-8,10-14H2,1-2H3,(H,20,23). The molecule has 0 aromatic carbocycles. The van der Waals surface area contributed by atoms with Crippen LogP contribution in [0.4, 0.5) is 0 Å². The Morgan fingerprint density at radius 1 is 1.26 bits per heavy atom. The molecule has 1 aliphatic carbocycles. The number of pyridine rings is 1. The molecule has 5 heteroatoms. The summed E-state index contributed by atoms with van der Waals surface area (Å²) in [6, 6.07) is 3.81. The van der Waals surface area contributed by atoms with E-state index in [1.54, 1.807) is 6.20 Å². The zero-order valence-corrected chi connectivity index (χ0v) is 14.3. The van der Waals surface area contributed by atoms with Crippen LogP contribution in [0.15, 0.2) is 18.3 Å². The predicted molar refractivity (Wildman–Crippen MR) is 91.6 cm³/mol. The number of carbonyl (C=O) groups is 1. The largest absolute Gasteiger partial charge is 0.349 e. The molecule has 0 atom stereocenters. The van der Waals surface area contributed by atoms with Gasteiger partial charge in [-0.3, -0.25) is 14.7 Å². The van der Waals surface area contributed by atoms with Gasteiger partial charge in [0.05, 0.1) is 0 Å². The molecular formula is C18H28N4O. The molecule has 23 heavy (non-hydrogen) atoms. The third-order valence-corrected chi connectivity index (χ3v) is 5.51. The number of rotatable bonds is 4. The molecular weight excluding hydrogens is 288 g/mol. The molecule has 1 saturated heterocycles. The minimum absolute atomic E-state index is 0.0384. The lowest BCUT2D eigenvalue weighted by molar-refractivity contribution is 0.0414. The summed E-state index contributed by atoms with van der Waals surface area (Å²) in [6.07, 6.45) is 6.61. The van der Waals surface area contributed by atoms with Crippen molar-refractivity contribution >= 4 is 5.91 Å². The monoisotopic (exact) mass is 316 g/mol. The summed E-state index contributed by atoms with van der Waals surface area (Å²) in [5.41, 5.74) is 1.64. The fourth-order valence-electron chi connectivity index (χ4n) is 3.97. The first-order valence-corrected chi connectivity index (χ1v) is 8.74. The van der Waals surface area contributed by atoms with E-state index in [1.165, 1.54) is 25.7 Å². The van der Waals surface area contributed by atoms with Crippen molar-refractivity contribution in [3.05, 3.63) is 29.6 Å². The van der Waals surface area contributed by atoms with Gasteiger partial charge in [0.15, 0.2) is 0 Å².